The highest BCUT2D eigenvalue weighted by Crippen LogP contribution is 2.39. The second-order valence-electron chi connectivity index (χ2n) is 9.39. The van der Waals surface area contributed by atoms with Crippen molar-refractivity contribution in [3.8, 4) is 5.75 Å². The van der Waals surface area contributed by atoms with Crippen LogP contribution in [0.4, 0.5) is 5.69 Å². The van der Waals surface area contributed by atoms with Crippen molar-refractivity contribution in [2.24, 2.45) is 0 Å². The minimum atomic E-state index is -0.454. The van der Waals surface area contributed by atoms with Crippen molar-refractivity contribution in [1.29, 1.82) is 0 Å². The smallest absolute Gasteiger partial charge is 0.238 e. The largest absolute Gasteiger partial charge is 0.494 e. The molecule has 6 heteroatoms. The van der Waals surface area contributed by atoms with Gasteiger partial charge in [-0.1, -0.05) is 43.7 Å². The number of hydrogen-bond acceptors (Lipinski definition) is 5. The standard InChI is InChI=1S/C27H37N3O3/c1-2-3-18-33-24-12-10-23(11-13-24)28-26(32)21-29-17-15-27(25(31)20-29)14-7-16-30(27)19-22-8-5-4-6-9-22/h4-6,8-13,25,31H,2-3,7,14-21H2,1H3,(H,28,32)/t25-,27-/m0/s1. The van der Waals surface area contributed by atoms with E-state index < -0.39 is 6.10 Å². The molecule has 2 aromatic carbocycles. The molecule has 0 aromatic heterocycles. The average molecular weight is 452 g/mol. The number of benzene rings is 2. The van der Waals surface area contributed by atoms with Crippen molar-refractivity contribution < 1.29 is 14.6 Å². The predicted molar refractivity (Wildman–Crippen MR) is 131 cm³/mol. The van der Waals surface area contributed by atoms with Crippen molar-refractivity contribution in [3.05, 3.63) is 60.2 Å². The number of nitrogens with zero attached hydrogens (tertiary/aromatic N) is 2. The molecule has 33 heavy (non-hydrogen) atoms. The molecule has 2 saturated heterocycles. The Kier molecular flexibility index (Phi) is 8.02. The van der Waals surface area contributed by atoms with Crippen LogP contribution in [0.5, 0.6) is 5.75 Å². The van der Waals surface area contributed by atoms with Gasteiger partial charge < -0.3 is 15.2 Å². The molecule has 0 saturated carbocycles. The molecular weight excluding hydrogens is 414 g/mol. The maximum atomic E-state index is 12.6. The maximum absolute atomic E-state index is 12.6. The molecule has 6 nitrogen and oxygen atoms in total. The number of likely N-dealkylation sites (tertiary alicyclic amines) is 2. The van der Waals surface area contributed by atoms with Crippen molar-refractivity contribution in [1.82, 2.24) is 9.80 Å². The quantitative estimate of drug-likeness (QED) is 0.566. The molecule has 2 aliphatic rings. The fraction of sp³-hybridized carbons (Fsp3) is 0.519. The molecule has 0 radical (unpaired) electrons. The number of β-amino-alcohol motifs (C(OH)–C–C–N with tert-alkyl or cyclic N) is 1. The van der Waals surface area contributed by atoms with Crippen molar-refractivity contribution in [2.75, 3.05) is 38.1 Å². The first kappa shape index (κ1) is 23.7. The van der Waals surface area contributed by atoms with Gasteiger partial charge in [0.15, 0.2) is 0 Å². The van der Waals surface area contributed by atoms with Crippen LogP contribution in [-0.2, 0) is 11.3 Å². The van der Waals surface area contributed by atoms with Crippen molar-refractivity contribution >= 4 is 11.6 Å². The molecule has 2 aromatic rings. The van der Waals surface area contributed by atoms with Crippen LogP contribution in [0.2, 0.25) is 0 Å². The molecular formula is C27H37N3O3. The molecule has 0 bridgehead atoms. The fourth-order valence-electron chi connectivity index (χ4n) is 5.20. The van der Waals surface area contributed by atoms with E-state index in [0.29, 0.717) is 19.7 Å². The lowest BCUT2D eigenvalue weighted by molar-refractivity contribution is -0.120. The Morgan fingerprint density at radius 1 is 1.12 bits per heavy atom. The second kappa shape index (κ2) is 11.1. The van der Waals surface area contributed by atoms with E-state index in [0.717, 1.165) is 63.2 Å². The number of amides is 1. The van der Waals surface area contributed by atoms with Gasteiger partial charge in [0.2, 0.25) is 5.91 Å². The third-order valence-corrected chi connectivity index (χ3v) is 7.07. The molecule has 2 fully saturated rings. The lowest BCUT2D eigenvalue weighted by Crippen LogP contribution is -2.61. The van der Waals surface area contributed by atoms with Gasteiger partial charge in [0, 0.05) is 30.9 Å². The summed E-state index contributed by atoms with van der Waals surface area (Å²) in [4.78, 5) is 17.2. The molecule has 2 atom stereocenters. The summed E-state index contributed by atoms with van der Waals surface area (Å²) in [5, 5.41) is 14.1. The molecule has 2 aliphatic heterocycles. The number of ether oxygens (including phenoxy) is 1. The van der Waals surface area contributed by atoms with E-state index in [-0.39, 0.29) is 11.4 Å². The zero-order chi connectivity index (χ0) is 23.1. The van der Waals surface area contributed by atoms with Crippen LogP contribution in [0.15, 0.2) is 54.6 Å². The SMILES string of the molecule is CCCCOc1ccc(NC(=O)CN2CC[C@@]3(CCCN3Cc3ccccc3)[C@@H](O)C2)cc1. The zero-order valence-electron chi connectivity index (χ0n) is 19.7. The second-order valence-corrected chi connectivity index (χ2v) is 9.39. The molecule has 4 rings (SSSR count). The Morgan fingerprint density at radius 2 is 1.91 bits per heavy atom. The van der Waals surface area contributed by atoms with E-state index >= 15 is 0 Å². The van der Waals surface area contributed by atoms with Gasteiger partial charge in [-0.15, -0.1) is 0 Å². The first-order chi connectivity index (χ1) is 16.1. The van der Waals surface area contributed by atoms with Gasteiger partial charge in [-0.2, -0.15) is 0 Å². The number of anilines is 1. The highest BCUT2D eigenvalue weighted by Gasteiger charge is 2.49. The molecule has 0 aliphatic carbocycles. The van der Waals surface area contributed by atoms with Gasteiger partial charge in [0.1, 0.15) is 5.75 Å². The highest BCUT2D eigenvalue weighted by molar-refractivity contribution is 5.92. The van der Waals surface area contributed by atoms with Crippen LogP contribution in [0.1, 0.15) is 44.6 Å². The topological polar surface area (TPSA) is 65.0 Å². The fourth-order valence-corrected chi connectivity index (χ4v) is 5.20. The number of unbranched alkanes of at least 4 members (excludes halogenated alkanes) is 1. The Morgan fingerprint density at radius 3 is 2.64 bits per heavy atom. The van der Waals surface area contributed by atoms with Gasteiger partial charge in [-0.3, -0.25) is 14.6 Å². The number of hydrogen-bond donors (Lipinski definition) is 2. The van der Waals surface area contributed by atoms with E-state index in [1.54, 1.807) is 0 Å². The summed E-state index contributed by atoms with van der Waals surface area (Å²) in [6.07, 6.45) is 4.70. The van der Waals surface area contributed by atoms with E-state index in [4.69, 9.17) is 4.74 Å². The molecule has 2 heterocycles. The molecule has 2 N–H and O–H groups in total. The minimum Gasteiger partial charge on any atom is -0.494 e. The normalized spacial score (nSPS) is 23.6. The first-order valence-electron chi connectivity index (χ1n) is 12.3. The Balaban J connectivity index is 1.27. The molecule has 1 amide bonds. The average Bonchev–Trinajstić information content (AvgIpc) is 3.21. The summed E-state index contributed by atoms with van der Waals surface area (Å²) in [6.45, 7) is 6.38. The summed E-state index contributed by atoms with van der Waals surface area (Å²) in [5.41, 5.74) is 1.88. The monoisotopic (exact) mass is 451 g/mol. The minimum absolute atomic E-state index is 0.0506. The third kappa shape index (κ3) is 5.94. The van der Waals surface area contributed by atoms with E-state index in [2.05, 4.69) is 46.3 Å². The zero-order valence-corrected chi connectivity index (χ0v) is 19.7. The van der Waals surface area contributed by atoms with Gasteiger partial charge in [0.05, 0.1) is 19.3 Å². The Labute approximate surface area is 197 Å². The summed E-state index contributed by atoms with van der Waals surface area (Å²) >= 11 is 0. The lowest BCUT2D eigenvalue weighted by Gasteiger charge is -2.48. The molecule has 0 unspecified atom stereocenters. The number of rotatable bonds is 9. The van der Waals surface area contributed by atoms with Crippen LogP contribution in [0.3, 0.4) is 0 Å². The number of aliphatic hydroxyl groups excluding tert-OH is 1. The van der Waals surface area contributed by atoms with E-state index in [1.807, 2.05) is 30.3 Å². The lowest BCUT2D eigenvalue weighted by atomic mass is 9.82. The Bertz CT molecular complexity index is 889. The first-order valence-corrected chi connectivity index (χ1v) is 12.3. The highest BCUT2D eigenvalue weighted by atomic mass is 16.5. The summed E-state index contributed by atoms with van der Waals surface area (Å²) in [6, 6.07) is 18.0. The Hall–Kier alpha value is -2.41. The number of carbonyl (C=O) groups is 1. The molecule has 178 valence electrons. The van der Waals surface area contributed by atoms with Crippen LogP contribution in [0, 0.1) is 0 Å². The van der Waals surface area contributed by atoms with Crippen LogP contribution >= 0.6 is 0 Å². The summed E-state index contributed by atoms with van der Waals surface area (Å²) in [5.74, 6) is 0.771. The number of piperidine rings is 1. The van der Waals surface area contributed by atoms with E-state index in [9.17, 15) is 9.90 Å². The van der Waals surface area contributed by atoms with Gasteiger partial charge in [-0.25, -0.2) is 0 Å². The van der Waals surface area contributed by atoms with Crippen LogP contribution in [0.25, 0.3) is 0 Å². The van der Waals surface area contributed by atoms with Crippen LogP contribution in [-0.4, -0.2) is 65.2 Å². The predicted octanol–water partition coefficient (Wildman–Crippen LogP) is 3.91. The number of carbonyl (C=O) groups excluding carboxylic acids is 1. The van der Waals surface area contributed by atoms with E-state index in [1.165, 1.54) is 5.56 Å². The maximum Gasteiger partial charge on any atom is 0.238 e. The van der Waals surface area contributed by atoms with Gasteiger partial charge in [-0.05, 0) is 62.1 Å². The van der Waals surface area contributed by atoms with Crippen molar-refractivity contribution in [3.63, 3.8) is 0 Å². The molecule has 1 spiro atoms. The number of nitrogens with one attached hydrogen (secondary N) is 1. The van der Waals surface area contributed by atoms with Gasteiger partial charge in [0.25, 0.3) is 0 Å². The third-order valence-electron chi connectivity index (χ3n) is 7.07. The van der Waals surface area contributed by atoms with Crippen molar-refractivity contribution in [2.45, 2.75) is 57.2 Å². The number of aliphatic hydroxyl groups is 1. The van der Waals surface area contributed by atoms with Gasteiger partial charge >= 0.3 is 0 Å². The van der Waals surface area contributed by atoms with Crippen LogP contribution < -0.4 is 10.1 Å². The summed E-state index contributed by atoms with van der Waals surface area (Å²) < 4.78 is 5.68. The summed E-state index contributed by atoms with van der Waals surface area (Å²) in [7, 11) is 0.